The van der Waals surface area contributed by atoms with E-state index in [1.807, 2.05) is 0 Å². The van der Waals surface area contributed by atoms with Crippen molar-refractivity contribution in [3.05, 3.63) is 35.5 Å². The monoisotopic (exact) mass is 473 g/mol. The molecule has 0 bridgehead atoms. The molecule has 1 atom stereocenters. The second-order valence-electron chi connectivity index (χ2n) is 7.86. The van der Waals surface area contributed by atoms with E-state index in [0.29, 0.717) is 28.6 Å². The normalized spacial score (nSPS) is 20.5. The van der Waals surface area contributed by atoms with Gasteiger partial charge >= 0.3 is 6.09 Å². The fraction of sp³-hybridized carbons (Fsp3) is 0.500. The highest BCUT2D eigenvalue weighted by molar-refractivity contribution is 9.15. The Hall–Kier alpha value is -1.62. The highest BCUT2D eigenvalue weighted by atomic mass is 79.9. The molecule has 2 heterocycles. The minimum Gasteiger partial charge on any atom is -0.444 e. The zero-order valence-electron chi connectivity index (χ0n) is 16.0. The Morgan fingerprint density at radius 1 is 1.36 bits per heavy atom. The number of nitrogens with one attached hydrogen (secondary N) is 1. The molecule has 2 N–H and O–H groups in total. The van der Waals surface area contributed by atoms with Crippen molar-refractivity contribution in [2.24, 2.45) is 0 Å². The predicted molar refractivity (Wildman–Crippen MR) is 107 cm³/mol. The van der Waals surface area contributed by atoms with Gasteiger partial charge in [0, 0.05) is 35.4 Å². The number of ether oxygens (including phenoxy) is 1. The van der Waals surface area contributed by atoms with E-state index in [0.717, 1.165) is 5.06 Å². The van der Waals surface area contributed by atoms with Gasteiger partial charge in [0.1, 0.15) is 5.60 Å². The summed E-state index contributed by atoms with van der Waals surface area (Å²) in [5.74, 6) is 0. The second kappa shape index (κ2) is 7.66. The van der Waals surface area contributed by atoms with E-state index in [1.54, 1.807) is 39.0 Å². The van der Waals surface area contributed by atoms with Crippen molar-refractivity contribution in [1.29, 1.82) is 0 Å². The lowest BCUT2D eigenvalue weighted by Crippen LogP contribution is -2.41. The smallest absolute Gasteiger partial charge is 0.407 e. The number of nitrogens with zero attached hydrogens (tertiary/aromatic N) is 2. The van der Waals surface area contributed by atoms with E-state index in [-0.39, 0.29) is 24.0 Å². The van der Waals surface area contributed by atoms with Gasteiger partial charge in [0.2, 0.25) is 10.0 Å². The topological polar surface area (TPSA) is 99.2 Å². The van der Waals surface area contributed by atoms with Gasteiger partial charge in [-0.05, 0) is 54.8 Å². The molecule has 0 saturated carbocycles. The maximum Gasteiger partial charge on any atom is 0.407 e. The van der Waals surface area contributed by atoms with E-state index in [4.69, 9.17) is 4.74 Å². The molecule has 10 heteroatoms. The number of fused-ring (bicyclic) bond motifs is 1. The highest BCUT2D eigenvalue weighted by Gasteiger charge is 2.36. The van der Waals surface area contributed by atoms with Gasteiger partial charge in [-0.2, -0.15) is 4.31 Å². The maximum absolute atomic E-state index is 13.3. The summed E-state index contributed by atoms with van der Waals surface area (Å²) >= 11 is 3.35. The molecule has 2 aliphatic heterocycles. The molecule has 2 aliphatic rings. The van der Waals surface area contributed by atoms with Crippen molar-refractivity contribution in [3.8, 4) is 0 Å². The third-order valence-electron chi connectivity index (χ3n) is 4.44. The Morgan fingerprint density at radius 2 is 2.07 bits per heavy atom. The average Bonchev–Trinajstić information content (AvgIpc) is 3.01. The molecule has 0 radical (unpaired) electrons. The Balaban J connectivity index is 1.78. The number of carbonyl (C=O) groups excluding carboxylic acids is 1. The Labute approximate surface area is 173 Å². The quantitative estimate of drug-likeness (QED) is 0.699. The number of rotatable bonds is 3. The molecular weight excluding hydrogens is 450 g/mol. The lowest BCUT2D eigenvalue weighted by atomic mass is 10.1. The van der Waals surface area contributed by atoms with Crippen LogP contribution in [0.3, 0.4) is 0 Å². The number of carbonyl (C=O) groups is 1. The number of hydrogen-bond acceptors (Lipinski definition) is 6. The Bertz CT molecular complexity index is 910. The predicted octanol–water partition coefficient (Wildman–Crippen LogP) is 2.87. The molecule has 0 aromatic heterocycles. The molecule has 0 unspecified atom stereocenters. The minimum atomic E-state index is -3.76. The summed E-state index contributed by atoms with van der Waals surface area (Å²) in [6, 6.07) is 4.70. The van der Waals surface area contributed by atoms with Gasteiger partial charge in [-0.25, -0.2) is 13.2 Å². The van der Waals surface area contributed by atoms with Crippen LogP contribution in [-0.2, 0) is 21.3 Å². The first-order valence-corrected chi connectivity index (χ1v) is 11.2. The molecule has 0 spiro atoms. The van der Waals surface area contributed by atoms with Crippen LogP contribution in [-0.4, -0.2) is 53.8 Å². The van der Waals surface area contributed by atoms with Gasteiger partial charge < -0.3 is 10.1 Å². The summed E-state index contributed by atoms with van der Waals surface area (Å²) in [5.41, 5.74) is 0.647. The first-order chi connectivity index (χ1) is 13.0. The number of hydrogen-bond donors (Lipinski definition) is 2. The van der Waals surface area contributed by atoms with Crippen molar-refractivity contribution in [1.82, 2.24) is 14.7 Å². The van der Waals surface area contributed by atoms with Crippen molar-refractivity contribution in [2.45, 2.75) is 50.3 Å². The van der Waals surface area contributed by atoms with Gasteiger partial charge in [0.25, 0.3) is 0 Å². The van der Waals surface area contributed by atoms with Crippen LogP contribution < -0.4 is 5.32 Å². The van der Waals surface area contributed by atoms with E-state index < -0.39 is 21.7 Å². The summed E-state index contributed by atoms with van der Waals surface area (Å²) in [4.78, 5) is 12.1. The summed E-state index contributed by atoms with van der Waals surface area (Å²) in [5, 5.41) is 13.5. The Kier molecular flexibility index (Phi) is 5.77. The van der Waals surface area contributed by atoms with Crippen molar-refractivity contribution in [3.63, 3.8) is 0 Å². The van der Waals surface area contributed by atoms with Crippen LogP contribution in [0.1, 0.15) is 38.3 Å². The van der Waals surface area contributed by atoms with Gasteiger partial charge in [0.05, 0.1) is 11.4 Å². The van der Waals surface area contributed by atoms with Crippen LogP contribution >= 0.6 is 15.9 Å². The fourth-order valence-corrected chi connectivity index (χ4v) is 5.87. The minimum absolute atomic E-state index is 0.179. The molecule has 28 heavy (non-hydrogen) atoms. The van der Waals surface area contributed by atoms with Crippen LogP contribution in [0.2, 0.25) is 0 Å². The standard InChI is InChI=1S/C18H24BrN3O5S/c1-18(2,3)27-17(23)20-13-7-8-22(10-13)28(25,26)15-6-4-5-12-9-21(24)11-14(19)16(12)15/h4-6,11,13,24H,7-10H2,1-3H3,(H,20,23)/t13-/m0/s1. The summed E-state index contributed by atoms with van der Waals surface area (Å²) in [6.07, 6.45) is 1.40. The second-order valence-corrected chi connectivity index (χ2v) is 10.6. The maximum atomic E-state index is 13.3. The third-order valence-corrected chi connectivity index (χ3v) is 6.94. The van der Waals surface area contributed by atoms with Crippen molar-refractivity contribution in [2.75, 3.05) is 13.1 Å². The highest BCUT2D eigenvalue weighted by Crippen LogP contribution is 2.37. The molecule has 1 aromatic rings. The Morgan fingerprint density at radius 3 is 2.75 bits per heavy atom. The SMILES string of the molecule is CC(C)(C)OC(=O)N[C@H]1CCN(S(=O)(=O)c2cccc3c2C(Br)=CN(O)C3)C1. The largest absolute Gasteiger partial charge is 0.444 e. The van der Waals surface area contributed by atoms with Crippen molar-refractivity contribution < 1.29 is 23.2 Å². The number of hydroxylamine groups is 2. The molecule has 3 rings (SSSR count). The average molecular weight is 474 g/mol. The van der Waals surface area contributed by atoms with Crippen LogP contribution in [0, 0.1) is 0 Å². The zero-order valence-corrected chi connectivity index (χ0v) is 18.4. The molecule has 1 amide bonds. The number of alkyl carbamates (subject to hydrolysis) is 1. The fourth-order valence-electron chi connectivity index (χ4n) is 3.29. The molecule has 154 valence electrons. The van der Waals surface area contributed by atoms with Gasteiger partial charge in [0.15, 0.2) is 0 Å². The van der Waals surface area contributed by atoms with Gasteiger partial charge in [-0.3, -0.25) is 10.3 Å². The van der Waals surface area contributed by atoms with Crippen LogP contribution in [0.15, 0.2) is 29.3 Å². The number of benzene rings is 1. The van der Waals surface area contributed by atoms with Gasteiger partial charge in [-0.1, -0.05) is 12.1 Å². The van der Waals surface area contributed by atoms with Crippen LogP contribution in [0.4, 0.5) is 4.79 Å². The molecule has 1 saturated heterocycles. The third kappa shape index (κ3) is 4.51. The van der Waals surface area contributed by atoms with E-state index in [1.165, 1.54) is 10.5 Å². The van der Waals surface area contributed by atoms with Crippen molar-refractivity contribution >= 4 is 36.5 Å². The first kappa shape index (κ1) is 21.1. The summed E-state index contributed by atoms with van der Waals surface area (Å²) in [7, 11) is -3.76. The summed E-state index contributed by atoms with van der Waals surface area (Å²) in [6.45, 7) is 6.01. The lowest BCUT2D eigenvalue weighted by molar-refractivity contribution is -0.0497. The molecule has 1 fully saturated rings. The number of amides is 1. The summed E-state index contributed by atoms with van der Waals surface area (Å²) < 4.78 is 33.6. The van der Waals surface area contributed by atoms with Crippen LogP contribution in [0.5, 0.6) is 0 Å². The lowest BCUT2D eigenvalue weighted by Gasteiger charge is -2.25. The van der Waals surface area contributed by atoms with Crippen LogP contribution in [0.25, 0.3) is 4.48 Å². The number of halogens is 1. The zero-order chi connectivity index (χ0) is 20.7. The van der Waals surface area contributed by atoms with Gasteiger partial charge in [-0.15, -0.1) is 0 Å². The number of sulfonamides is 1. The molecular formula is C18H24BrN3O5S. The molecule has 1 aromatic carbocycles. The van der Waals surface area contributed by atoms with E-state index in [9.17, 15) is 18.4 Å². The molecule has 8 nitrogen and oxygen atoms in total. The van der Waals surface area contributed by atoms with E-state index in [2.05, 4.69) is 21.2 Å². The molecule has 0 aliphatic carbocycles. The van der Waals surface area contributed by atoms with E-state index >= 15 is 0 Å². The first-order valence-electron chi connectivity index (χ1n) is 8.92.